The van der Waals surface area contributed by atoms with Gasteiger partial charge in [0.15, 0.2) is 0 Å². The summed E-state index contributed by atoms with van der Waals surface area (Å²) in [6, 6.07) is 17.5. The summed E-state index contributed by atoms with van der Waals surface area (Å²) < 4.78 is 0. The lowest BCUT2D eigenvalue weighted by molar-refractivity contribution is -0.0287. The van der Waals surface area contributed by atoms with Crippen molar-refractivity contribution < 1.29 is 9.90 Å². The fraction of sp³-hybridized carbons (Fsp3) is 0.278. The zero-order valence-corrected chi connectivity index (χ0v) is 12.4. The van der Waals surface area contributed by atoms with Crippen LogP contribution >= 0.6 is 0 Å². The molecule has 114 valence electrons. The van der Waals surface area contributed by atoms with Crippen molar-refractivity contribution in [2.24, 2.45) is 0 Å². The van der Waals surface area contributed by atoms with Crippen LogP contribution in [-0.2, 0) is 0 Å². The van der Waals surface area contributed by atoms with Gasteiger partial charge in [-0.15, -0.1) is 0 Å². The molecule has 22 heavy (non-hydrogen) atoms. The molecule has 1 saturated carbocycles. The molecule has 0 heterocycles. The number of carbonyl (C=O) groups excluding carboxylic acids is 1. The molecule has 0 aromatic heterocycles. The number of hydrogen-bond acceptors (Lipinski definition) is 2. The van der Waals surface area contributed by atoms with E-state index in [2.05, 4.69) is 22.8 Å². The largest absolute Gasteiger partial charge is 0.388 e. The van der Waals surface area contributed by atoms with Crippen LogP contribution in [0.4, 0.5) is 10.5 Å². The molecule has 2 amide bonds. The van der Waals surface area contributed by atoms with E-state index < -0.39 is 5.60 Å². The SMILES string of the molecule is O=C(NCC1(O)CCC1)Nc1ccc(-c2ccccc2)cc1. The fourth-order valence-corrected chi connectivity index (χ4v) is 2.56. The second-order valence-corrected chi connectivity index (χ2v) is 5.83. The number of benzene rings is 2. The van der Waals surface area contributed by atoms with Crippen molar-refractivity contribution in [3.05, 3.63) is 54.6 Å². The smallest absolute Gasteiger partial charge is 0.319 e. The molecular formula is C18H20N2O2. The summed E-state index contributed by atoms with van der Waals surface area (Å²) in [4.78, 5) is 11.8. The van der Waals surface area contributed by atoms with E-state index in [-0.39, 0.29) is 6.03 Å². The maximum atomic E-state index is 11.8. The van der Waals surface area contributed by atoms with Crippen molar-refractivity contribution in [3.8, 4) is 11.1 Å². The summed E-state index contributed by atoms with van der Waals surface area (Å²) in [7, 11) is 0. The number of carbonyl (C=O) groups is 1. The first kappa shape index (κ1) is 14.6. The number of hydrogen-bond donors (Lipinski definition) is 3. The average Bonchev–Trinajstić information content (AvgIpc) is 2.53. The fourth-order valence-electron chi connectivity index (χ4n) is 2.56. The van der Waals surface area contributed by atoms with Gasteiger partial charge in [-0.2, -0.15) is 0 Å². The highest BCUT2D eigenvalue weighted by molar-refractivity contribution is 5.89. The van der Waals surface area contributed by atoms with Crippen LogP contribution in [0.5, 0.6) is 0 Å². The Hall–Kier alpha value is -2.33. The third-order valence-electron chi connectivity index (χ3n) is 4.11. The molecule has 0 spiro atoms. The van der Waals surface area contributed by atoms with Crippen LogP contribution in [0.15, 0.2) is 54.6 Å². The summed E-state index contributed by atoms with van der Waals surface area (Å²) in [5.41, 5.74) is 2.29. The van der Waals surface area contributed by atoms with Crippen LogP contribution in [0, 0.1) is 0 Å². The normalized spacial score (nSPS) is 15.7. The minimum Gasteiger partial charge on any atom is -0.388 e. The zero-order chi connectivity index (χ0) is 15.4. The van der Waals surface area contributed by atoms with Crippen molar-refractivity contribution in [2.45, 2.75) is 24.9 Å². The van der Waals surface area contributed by atoms with Gasteiger partial charge in [0.25, 0.3) is 0 Å². The highest BCUT2D eigenvalue weighted by Gasteiger charge is 2.34. The minimum atomic E-state index is -0.700. The molecule has 4 heteroatoms. The molecule has 0 aliphatic heterocycles. The van der Waals surface area contributed by atoms with E-state index in [1.807, 2.05) is 42.5 Å². The molecule has 2 aromatic carbocycles. The Morgan fingerprint density at radius 1 is 1.00 bits per heavy atom. The van der Waals surface area contributed by atoms with E-state index in [1.54, 1.807) is 0 Å². The van der Waals surface area contributed by atoms with Gasteiger partial charge < -0.3 is 15.7 Å². The summed E-state index contributed by atoms with van der Waals surface area (Å²) in [5, 5.41) is 15.4. The minimum absolute atomic E-state index is 0.284. The highest BCUT2D eigenvalue weighted by Crippen LogP contribution is 2.30. The van der Waals surface area contributed by atoms with E-state index in [1.165, 1.54) is 0 Å². The number of urea groups is 1. The standard InChI is InChI=1S/C18H20N2O2/c21-17(19-13-18(22)11-4-12-18)20-16-9-7-15(8-10-16)14-5-2-1-3-6-14/h1-3,5-10,22H,4,11-13H2,(H2,19,20,21). The Kier molecular flexibility index (Phi) is 4.11. The van der Waals surface area contributed by atoms with Crippen molar-refractivity contribution in [1.29, 1.82) is 0 Å². The van der Waals surface area contributed by atoms with E-state index in [4.69, 9.17) is 0 Å². The van der Waals surface area contributed by atoms with E-state index in [0.29, 0.717) is 6.54 Å². The second-order valence-electron chi connectivity index (χ2n) is 5.83. The van der Waals surface area contributed by atoms with Gasteiger partial charge in [-0.1, -0.05) is 42.5 Å². The third-order valence-corrected chi connectivity index (χ3v) is 4.11. The van der Waals surface area contributed by atoms with Gasteiger partial charge >= 0.3 is 6.03 Å². The van der Waals surface area contributed by atoms with Gasteiger partial charge in [0.05, 0.1) is 5.60 Å². The lowest BCUT2D eigenvalue weighted by atomic mass is 9.80. The Bertz CT molecular complexity index is 634. The van der Waals surface area contributed by atoms with Gasteiger partial charge in [-0.25, -0.2) is 4.79 Å². The number of anilines is 1. The lowest BCUT2D eigenvalue weighted by Crippen LogP contribution is -2.48. The summed E-state index contributed by atoms with van der Waals surface area (Å²) in [5.74, 6) is 0. The molecule has 0 unspecified atom stereocenters. The van der Waals surface area contributed by atoms with Crippen LogP contribution in [0.1, 0.15) is 19.3 Å². The molecule has 1 aliphatic carbocycles. The highest BCUT2D eigenvalue weighted by atomic mass is 16.3. The molecule has 4 nitrogen and oxygen atoms in total. The van der Waals surface area contributed by atoms with Crippen molar-refractivity contribution >= 4 is 11.7 Å². The molecular weight excluding hydrogens is 276 g/mol. The van der Waals surface area contributed by atoms with Gasteiger partial charge in [0.1, 0.15) is 0 Å². The third kappa shape index (κ3) is 3.46. The Morgan fingerprint density at radius 3 is 2.23 bits per heavy atom. The first-order chi connectivity index (χ1) is 10.6. The average molecular weight is 296 g/mol. The summed E-state index contributed by atoms with van der Waals surface area (Å²) >= 11 is 0. The number of amides is 2. The summed E-state index contributed by atoms with van der Waals surface area (Å²) in [6.45, 7) is 0.306. The first-order valence-electron chi connectivity index (χ1n) is 7.57. The van der Waals surface area contributed by atoms with Gasteiger partial charge in [-0.05, 0) is 42.5 Å². The maximum absolute atomic E-state index is 11.8. The van der Waals surface area contributed by atoms with Crippen LogP contribution in [0.2, 0.25) is 0 Å². The molecule has 0 saturated heterocycles. The predicted octanol–water partition coefficient (Wildman–Crippen LogP) is 3.39. The van der Waals surface area contributed by atoms with Gasteiger partial charge in [0, 0.05) is 12.2 Å². The molecule has 0 bridgehead atoms. The molecule has 1 fully saturated rings. The molecule has 1 aliphatic rings. The van der Waals surface area contributed by atoms with Crippen LogP contribution in [0.3, 0.4) is 0 Å². The Labute approximate surface area is 130 Å². The molecule has 3 N–H and O–H groups in total. The number of rotatable bonds is 4. The molecule has 0 atom stereocenters. The predicted molar refractivity (Wildman–Crippen MR) is 87.7 cm³/mol. The van der Waals surface area contributed by atoms with E-state index >= 15 is 0 Å². The van der Waals surface area contributed by atoms with Crippen molar-refractivity contribution in [3.63, 3.8) is 0 Å². The van der Waals surface area contributed by atoms with Crippen LogP contribution < -0.4 is 10.6 Å². The first-order valence-corrected chi connectivity index (χ1v) is 7.57. The van der Waals surface area contributed by atoms with Crippen molar-refractivity contribution in [2.75, 3.05) is 11.9 Å². The Balaban J connectivity index is 1.55. The van der Waals surface area contributed by atoms with Gasteiger partial charge in [-0.3, -0.25) is 0 Å². The quantitative estimate of drug-likeness (QED) is 0.810. The Morgan fingerprint density at radius 2 is 1.64 bits per heavy atom. The maximum Gasteiger partial charge on any atom is 0.319 e. The lowest BCUT2D eigenvalue weighted by Gasteiger charge is -2.36. The molecule has 0 radical (unpaired) electrons. The van der Waals surface area contributed by atoms with Crippen LogP contribution in [0.25, 0.3) is 11.1 Å². The van der Waals surface area contributed by atoms with Crippen LogP contribution in [-0.4, -0.2) is 23.3 Å². The van der Waals surface area contributed by atoms with Gasteiger partial charge in [0.2, 0.25) is 0 Å². The number of aliphatic hydroxyl groups is 1. The molecule has 2 aromatic rings. The van der Waals surface area contributed by atoms with E-state index in [9.17, 15) is 9.90 Å². The number of nitrogens with one attached hydrogen (secondary N) is 2. The monoisotopic (exact) mass is 296 g/mol. The van der Waals surface area contributed by atoms with Crippen molar-refractivity contribution in [1.82, 2.24) is 5.32 Å². The molecule has 3 rings (SSSR count). The summed E-state index contributed by atoms with van der Waals surface area (Å²) in [6.07, 6.45) is 2.55. The van der Waals surface area contributed by atoms with E-state index in [0.717, 1.165) is 36.1 Å². The topological polar surface area (TPSA) is 61.4 Å². The second kappa shape index (κ2) is 6.20. The zero-order valence-electron chi connectivity index (χ0n) is 12.4.